The van der Waals surface area contributed by atoms with Crippen LogP contribution >= 0.6 is 11.3 Å². The van der Waals surface area contributed by atoms with Crippen LogP contribution in [0.2, 0.25) is 0 Å². The Hall–Kier alpha value is -1.40. The van der Waals surface area contributed by atoms with Crippen LogP contribution in [0.3, 0.4) is 0 Å². The van der Waals surface area contributed by atoms with Crippen LogP contribution in [-0.4, -0.2) is 37.0 Å². The van der Waals surface area contributed by atoms with Gasteiger partial charge in [0.15, 0.2) is 0 Å². The molecule has 0 radical (unpaired) electrons. The Morgan fingerprint density at radius 1 is 1.67 bits per heavy atom. The average molecular weight is 267 g/mol. The summed E-state index contributed by atoms with van der Waals surface area (Å²) in [4.78, 5) is 24.1. The van der Waals surface area contributed by atoms with Crippen LogP contribution in [0.25, 0.3) is 0 Å². The number of carbonyl (C=O) groups excluding carboxylic acids is 2. The molecule has 6 heteroatoms. The molecule has 1 fully saturated rings. The predicted molar refractivity (Wildman–Crippen MR) is 70.4 cm³/mol. The third-order valence-corrected chi connectivity index (χ3v) is 3.70. The van der Waals surface area contributed by atoms with Crippen molar-refractivity contribution >= 4 is 23.2 Å². The van der Waals surface area contributed by atoms with Gasteiger partial charge in [0.1, 0.15) is 6.04 Å². The predicted octanol–water partition coefficient (Wildman–Crippen LogP) is -0.117. The monoisotopic (exact) mass is 267 g/mol. The number of nitrogens with one attached hydrogen (secondary N) is 3. The van der Waals surface area contributed by atoms with Gasteiger partial charge in [0, 0.05) is 23.9 Å². The Bertz CT molecular complexity index is 409. The molecule has 0 bridgehead atoms. The van der Waals surface area contributed by atoms with Crippen molar-refractivity contribution in [3.63, 3.8) is 0 Å². The van der Waals surface area contributed by atoms with Crippen LogP contribution in [0, 0.1) is 0 Å². The van der Waals surface area contributed by atoms with Crippen LogP contribution in [0.5, 0.6) is 0 Å². The molecule has 0 aliphatic carbocycles. The van der Waals surface area contributed by atoms with Crippen molar-refractivity contribution in [2.45, 2.75) is 25.4 Å². The molecule has 5 nitrogen and oxygen atoms in total. The van der Waals surface area contributed by atoms with Crippen molar-refractivity contribution < 1.29 is 9.59 Å². The third-order valence-electron chi connectivity index (χ3n) is 2.80. The Balaban J connectivity index is 1.78. The molecule has 3 N–H and O–H groups in total. The van der Waals surface area contributed by atoms with Crippen LogP contribution < -0.4 is 16.0 Å². The summed E-state index contributed by atoms with van der Waals surface area (Å²) >= 11 is 1.69. The lowest BCUT2D eigenvalue weighted by atomic mass is 10.1. The molecule has 1 aromatic rings. The zero-order chi connectivity index (χ0) is 13.0. The molecule has 2 amide bonds. The molecule has 2 rings (SSSR count). The van der Waals surface area contributed by atoms with E-state index in [1.807, 2.05) is 18.4 Å². The van der Waals surface area contributed by atoms with E-state index in [1.54, 1.807) is 11.3 Å². The first-order valence-corrected chi connectivity index (χ1v) is 6.86. The highest BCUT2D eigenvalue weighted by Crippen LogP contribution is 2.10. The molecule has 2 heterocycles. The minimum absolute atomic E-state index is 0.0564. The molecule has 1 aliphatic heterocycles. The summed E-state index contributed by atoms with van der Waals surface area (Å²) in [7, 11) is 0. The number of hydrogen-bond donors (Lipinski definition) is 3. The standard InChI is InChI=1S/C12H17N3O2S/c1-8(5-9-3-2-4-18-9)15-12(17)10-6-14-11(16)7-13-10/h2-4,8,10,13H,5-7H2,1H3,(H,14,16)(H,15,17). The number of hydrogen-bond acceptors (Lipinski definition) is 4. The molecule has 2 atom stereocenters. The molecule has 1 aliphatic rings. The lowest BCUT2D eigenvalue weighted by molar-refractivity contribution is -0.126. The average Bonchev–Trinajstić information content (AvgIpc) is 2.82. The van der Waals surface area contributed by atoms with Gasteiger partial charge in [-0.1, -0.05) is 6.07 Å². The van der Waals surface area contributed by atoms with Gasteiger partial charge < -0.3 is 10.6 Å². The van der Waals surface area contributed by atoms with E-state index in [0.29, 0.717) is 6.54 Å². The Morgan fingerprint density at radius 2 is 2.50 bits per heavy atom. The number of thiophene rings is 1. The maximum atomic E-state index is 11.9. The summed E-state index contributed by atoms with van der Waals surface area (Å²) in [6, 6.07) is 3.84. The van der Waals surface area contributed by atoms with E-state index in [4.69, 9.17) is 0 Å². The molecule has 0 aromatic carbocycles. The quantitative estimate of drug-likeness (QED) is 0.712. The Morgan fingerprint density at radius 3 is 3.11 bits per heavy atom. The molecule has 98 valence electrons. The highest BCUT2D eigenvalue weighted by Gasteiger charge is 2.24. The molecule has 1 saturated heterocycles. The van der Waals surface area contributed by atoms with Gasteiger partial charge in [0.05, 0.1) is 6.54 Å². The zero-order valence-electron chi connectivity index (χ0n) is 10.2. The van der Waals surface area contributed by atoms with Gasteiger partial charge in [0.2, 0.25) is 11.8 Å². The SMILES string of the molecule is CC(Cc1cccs1)NC(=O)C1CNC(=O)CN1. The smallest absolute Gasteiger partial charge is 0.239 e. The van der Waals surface area contributed by atoms with Crippen molar-refractivity contribution in [2.75, 3.05) is 13.1 Å². The fourth-order valence-electron chi connectivity index (χ4n) is 1.88. The first-order valence-electron chi connectivity index (χ1n) is 5.98. The summed E-state index contributed by atoms with van der Waals surface area (Å²) in [6.07, 6.45) is 0.836. The maximum Gasteiger partial charge on any atom is 0.239 e. The fourth-order valence-corrected chi connectivity index (χ4v) is 2.71. The lowest BCUT2D eigenvalue weighted by Gasteiger charge is -2.24. The number of rotatable bonds is 4. The number of carbonyl (C=O) groups is 2. The van der Waals surface area contributed by atoms with Gasteiger partial charge in [-0.3, -0.25) is 14.9 Å². The van der Waals surface area contributed by atoms with E-state index in [9.17, 15) is 9.59 Å². The Labute approximate surface area is 110 Å². The lowest BCUT2D eigenvalue weighted by Crippen LogP contribution is -2.59. The van der Waals surface area contributed by atoms with Crippen LogP contribution in [0.1, 0.15) is 11.8 Å². The van der Waals surface area contributed by atoms with E-state index in [1.165, 1.54) is 4.88 Å². The molecular weight excluding hydrogens is 250 g/mol. The van der Waals surface area contributed by atoms with Gasteiger partial charge in [-0.15, -0.1) is 11.3 Å². The normalized spacial score (nSPS) is 21.2. The van der Waals surface area contributed by atoms with Crippen LogP contribution in [0.15, 0.2) is 17.5 Å². The van der Waals surface area contributed by atoms with Crippen molar-refractivity contribution in [1.29, 1.82) is 0 Å². The molecule has 1 aromatic heterocycles. The third kappa shape index (κ3) is 3.54. The van der Waals surface area contributed by atoms with Crippen molar-refractivity contribution in [3.8, 4) is 0 Å². The first-order chi connectivity index (χ1) is 8.65. The van der Waals surface area contributed by atoms with E-state index < -0.39 is 0 Å². The molecule has 0 saturated carbocycles. The molecular formula is C12H17N3O2S. The van der Waals surface area contributed by atoms with Crippen molar-refractivity contribution in [3.05, 3.63) is 22.4 Å². The van der Waals surface area contributed by atoms with E-state index in [-0.39, 0.29) is 30.4 Å². The van der Waals surface area contributed by atoms with Crippen LogP contribution in [-0.2, 0) is 16.0 Å². The largest absolute Gasteiger partial charge is 0.353 e. The second-order valence-electron chi connectivity index (χ2n) is 4.43. The van der Waals surface area contributed by atoms with Gasteiger partial charge in [0.25, 0.3) is 0 Å². The summed E-state index contributed by atoms with van der Waals surface area (Å²) in [5.41, 5.74) is 0. The van der Waals surface area contributed by atoms with Gasteiger partial charge in [-0.2, -0.15) is 0 Å². The van der Waals surface area contributed by atoms with Crippen molar-refractivity contribution in [1.82, 2.24) is 16.0 Å². The molecule has 18 heavy (non-hydrogen) atoms. The first kappa shape index (κ1) is 13.0. The van der Waals surface area contributed by atoms with Gasteiger partial charge >= 0.3 is 0 Å². The van der Waals surface area contributed by atoms with Gasteiger partial charge in [-0.25, -0.2) is 0 Å². The summed E-state index contributed by atoms with van der Waals surface area (Å²) in [5.74, 6) is -0.121. The van der Waals surface area contributed by atoms with E-state index >= 15 is 0 Å². The second-order valence-corrected chi connectivity index (χ2v) is 5.46. The molecule has 2 unspecified atom stereocenters. The number of piperazine rings is 1. The summed E-state index contributed by atoms with van der Waals surface area (Å²) in [5, 5.41) is 10.6. The second kappa shape index (κ2) is 5.97. The minimum atomic E-state index is -0.325. The molecule has 0 spiro atoms. The van der Waals surface area contributed by atoms with E-state index in [2.05, 4.69) is 22.0 Å². The zero-order valence-corrected chi connectivity index (χ0v) is 11.0. The van der Waals surface area contributed by atoms with Crippen molar-refractivity contribution in [2.24, 2.45) is 0 Å². The minimum Gasteiger partial charge on any atom is -0.353 e. The topological polar surface area (TPSA) is 70.2 Å². The summed E-state index contributed by atoms with van der Waals surface area (Å²) in [6.45, 7) is 2.55. The highest BCUT2D eigenvalue weighted by molar-refractivity contribution is 7.09. The number of amides is 2. The summed E-state index contributed by atoms with van der Waals surface area (Å²) < 4.78 is 0. The fraction of sp³-hybridized carbons (Fsp3) is 0.500. The Kier molecular flexibility index (Phi) is 4.33. The van der Waals surface area contributed by atoms with E-state index in [0.717, 1.165) is 6.42 Å². The maximum absolute atomic E-state index is 11.9. The highest BCUT2D eigenvalue weighted by atomic mass is 32.1. The van der Waals surface area contributed by atoms with Crippen LogP contribution in [0.4, 0.5) is 0 Å². The van der Waals surface area contributed by atoms with Gasteiger partial charge in [-0.05, 0) is 18.4 Å².